The first-order chi connectivity index (χ1) is 15.9. The van der Waals surface area contributed by atoms with Crippen LogP contribution < -0.4 is 10.3 Å². The number of esters is 1. The van der Waals surface area contributed by atoms with Crippen molar-refractivity contribution in [2.75, 3.05) is 14.2 Å². The lowest BCUT2D eigenvalue weighted by Crippen LogP contribution is -2.31. The largest absolute Gasteiger partial charge is 0.497 e. The molecular weight excluding hydrogens is 486 g/mol. The van der Waals surface area contributed by atoms with Gasteiger partial charge in [-0.1, -0.05) is 46.3 Å². The zero-order valence-electron chi connectivity index (χ0n) is 18.0. The monoisotopic (exact) mass is 505 g/mol. The van der Waals surface area contributed by atoms with Crippen LogP contribution in [0, 0.1) is 0 Å². The molecule has 0 aliphatic carbocycles. The number of carbonyl (C=O) groups excluding carboxylic acids is 2. The van der Waals surface area contributed by atoms with Gasteiger partial charge in [0, 0.05) is 21.0 Å². The van der Waals surface area contributed by atoms with Gasteiger partial charge in [-0.3, -0.25) is 14.2 Å². The van der Waals surface area contributed by atoms with Crippen LogP contribution in [-0.4, -0.2) is 30.5 Å². The normalized spacial score (nSPS) is 10.8. The topological polar surface area (TPSA) is 74.6 Å². The summed E-state index contributed by atoms with van der Waals surface area (Å²) in [5, 5.41) is 0.987. The Kier molecular flexibility index (Phi) is 6.42. The molecule has 1 aromatic heterocycles. The summed E-state index contributed by atoms with van der Waals surface area (Å²) in [4.78, 5) is 39.6. The number of fused-ring (bicyclic) bond motifs is 1. The molecule has 4 aromatic rings. The molecule has 0 aliphatic heterocycles. The molecule has 0 spiro atoms. The lowest BCUT2D eigenvalue weighted by atomic mass is 9.96. The van der Waals surface area contributed by atoms with Gasteiger partial charge in [0.05, 0.1) is 20.8 Å². The maximum Gasteiger partial charge on any atom is 0.355 e. The molecule has 6 nitrogen and oxygen atoms in total. The number of carbonyl (C=O) groups is 2. The number of ether oxygens (including phenoxy) is 2. The minimum Gasteiger partial charge on any atom is -0.497 e. The molecule has 166 valence electrons. The van der Waals surface area contributed by atoms with Crippen molar-refractivity contribution in [3.8, 4) is 16.9 Å². The minimum atomic E-state index is -0.699. The van der Waals surface area contributed by atoms with Crippen LogP contribution in [0.15, 0.2) is 82.1 Å². The van der Waals surface area contributed by atoms with Crippen LogP contribution in [0.2, 0.25) is 0 Å². The fourth-order valence-corrected chi connectivity index (χ4v) is 4.15. The number of Topliss-reactive ketones (excluding diaryl/α,β-unsaturated/α-hetero) is 1. The van der Waals surface area contributed by atoms with Gasteiger partial charge in [-0.2, -0.15) is 0 Å². The highest BCUT2D eigenvalue weighted by atomic mass is 79.9. The molecule has 7 heteroatoms. The molecular formula is C26H20BrNO5. The van der Waals surface area contributed by atoms with Crippen molar-refractivity contribution >= 4 is 38.5 Å². The van der Waals surface area contributed by atoms with Crippen LogP contribution in [-0.2, 0) is 11.3 Å². The minimum absolute atomic E-state index is 0.0289. The lowest BCUT2D eigenvalue weighted by molar-refractivity contribution is 0.0588. The second-order valence-electron chi connectivity index (χ2n) is 7.31. The SMILES string of the molecule is COC(=O)c1c(-c2ccccc2)c2cc(Br)ccc2c(=O)n1CC(=O)c1ccc(OC)cc1. The van der Waals surface area contributed by atoms with Gasteiger partial charge in [-0.25, -0.2) is 4.79 Å². The smallest absolute Gasteiger partial charge is 0.355 e. The molecule has 33 heavy (non-hydrogen) atoms. The second-order valence-corrected chi connectivity index (χ2v) is 8.23. The molecule has 0 bridgehead atoms. The number of aromatic nitrogens is 1. The molecule has 3 aromatic carbocycles. The van der Waals surface area contributed by atoms with Crippen molar-refractivity contribution in [2.45, 2.75) is 6.54 Å². The van der Waals surface area contributed by atoms with Crippen LogP contribution >= 0.6 is 15.9 Å². The summed E-state index contributed by atoms with van der Waals surface area (Å²) in [7, 11) is 2.79. The number of pyridine rings is 1. The predicted octanol–water partition coefficient (Wildman–Crippen LogP) is 5.11. The number of hydrogen-bond donors (Lipinski definition) is 0. The molecule has 4 rings (SSSR count). The third-order valence-corrected chi connectivity index (χ3v) is 5.88. The third kappa shape index (κ3) is 4.32. The van der Waals surface area contributed by atoms with E-state index in [1.165, 1.54) is 18.8 Å². The highest BCUT2D eigenvalue weighted by Crippen LogP contribution is 2.33. The fourth-order valence-electron chi connectivity index (χ4n) is 3.79. The van der Waals surface area contributed by atoms with E-state index in [9.17, 15) is 14.4 Å². The third-order valence-electron chi connectivity index (χ3n) is 5.39. The summed E-state index contributed by atoms with van der Waals surface area (Å²) in [6.45, 7) is -0.318. The van der Waals surface area contributed by atoms with Crippen LogP contribution in [0.25, 0.3) is 21.9 Å². The summed E-state index contributed by atoms with van der Waals surface area (Å²) < 4.78 is 12.2. The van der Waals surface area contributed by atoms with Crippen molar-refractivity contribution in [2.24, 2.45) is 0 Å². The average molecular weight is 506 g/mol. The Morgan fingerprint density at radius 2 is 1.61 bits per heavy atom. The molecule has 0 atom stereocenters. The summed E-state index contributed by atoms with van der Waals surface area (Å²) in [5.74, 6) is -0.405. The van der Waals surface area contributed by atoms with E-state index >= 15 is 0 Å². The zero-order chi connectivity index (χ0) is 23.5. The van der Waals surface area contributed by atoms with Gasteiger partial charge in [0.2, 0.25) is 0 Å². The molecule has 0 radical (unpaired) electrons. The Bertz CT molecular complexity index is 1410. The van der Waals surface area contributed by atoms with E-state index in [-0.39, 0.29) is 18.0 Å². The molecule has 0 fully saturated rings. The van der Waals surface area contributed by atoms with Crippen molar-refractivity contribution in [3.63, 3.8) is 0 Å². The Labute approximate surface area is 198 Å². The number of ketones is 1. The average Bonchev–Trinajstić information content (AvgIpc) is 2.85. The number of nitrogens with zero attached hydrogens (tertiary/aromatic N) is 1. The first kappa shape index (κ1) is 22.5. The standard InChI is InChI=1S/C26H20BrNO5/c1-32-19-11-8-16(9-12-19)22(29)15-28-24(26(31)33-2)23(17-6-4-3-5-7-17)21-14-18(27)10-13-20(21)25(28)30/h3-14H,15H2,1-2H3. The van der Waals surface area contributed by atoms with Crippen molar-refractivity contribution in [1.82, 2.24) is 4.57 Å². The Morgan fingerprint density at radius 1 is 0.909 bits per heavy atom. The highest BCUT2D eigenvalue weighted by Gasteiger charge is 2.25. The Hall–Kier alpha value is -3.71. The van der Waals surface area contributed by atoms with Crippen molar-refractivity contribution in [1.29, 1.82) is 0 Å². The number of hydrogen-bond acceptors (Lipinski definition) is 5. The van der Waals surface area contributed by atoms with Crippen molar-refractivity contribution in [3.05, 3.63) is 98.9 Å². The first-order valence-corrected chi connectivity index (χ1v) is 10.9. The molecule has 0 unspecified atom stereocenters. The second kappa shape index (κ2) is 9.42. The number of halogens is 1. The number of methoxy groups -OCH3 is 2. The van der Waals surface area contributed by atoms with E-state index in [0.717, 1.165) is 10.0 Å². The van der Waals surface area contributed by atoms with E-state index in [2.05, 4.69) is 15.9 Å². The summed E-state index contributed by atoms with van der Waals surface area (Å²) in [6.07, 6.45) is 0. The van der Waals surface area contributed by atoms with Crippen LogP contribution in [0.5, 0.6) is 5.75 Å². The van der Waals surface area contributed by atoms with Gasteiger partial charge < -0.3 is 9.47 Å². The Balaban J connectivity index is 1.99. The molecule has 0 N–H and O–H groups in total. The summed E-state index contributed by atoms with van der Waals surface area (Å²) in [6, 6.07) is 21.1. The molecule has 0 saturated carbocycles. The predicted molar refractivity (Wildman–Crippen MR) is 130 cm³/mol. The van der Waals surface area contributed by atoms with E-state index in [1.807, 2.05) is 30.3 Å². The van der Waals surface area contributed by atoms with Crippen LogP contribution in [0.3, 0.4) is 0 Å². The summed E-state index contributed by atoms with van der Waals surface area (Å²) in [5.41, 5.74) is 1.24. The number of benzene rings is 3. The number of rotatable bonds is 6. The molecule has 0 aliphatic rings. The fraction of sp³-hybridized carbons (Fsp3) is 0.115. The maximum atomic E-state index is 13.5. The molecule has 0 saturated heterocycles. The summed E-state index contributed by atoms with van der Waals surface area (Å²) >= 11 is 3.45. The van der Waals surface area contributed by atoms with E-state index in [4.69, 9.17) is 9.47 Å². The lowest BCUT2D eigenvalue weighted by Gasteiger charge is -2.18. The first-order valence-electron chi connectivity index (χ1n) is 10.1. The van der Waals surface area contributed by atoms with Crippen LogP contribution in [0.4, 0.5) is 0 Å². The van der Waals surface area contributed by atoms with Gasteiger partial charge >= 0.3 is 5.97 Å². The van der Waals surface area contributed by atoms with Gasteiger partial charge in [0.1, 0.15) is 11.4 Å². The molecule has 1 heterocycles. The highest BCUT2D eigenvalue weighted by molar-refractivity contribution is 9.10. The molecule has 0 amide bonds. The van der Waals surface area contributed by atoms with Crippen LogP contribution in [0.1, 0.15) is 20.8 Å². The van der Waals surface area contributed by atoms with E-state index in [0.29, 0.717) is 27.6 Å². The Morgan fingerprint density at radius 3 is 2.24 bits per heavy atom. The maximum absolute atomic E-state index is 13.5. The van der Waals surface area contributed by atoms with E-state index in [1.54, 1.807) is 42.5 Å². The van der Waals surface area contributed by atoms with Gasteiger partial charge in [0.15, 0.2) is 5.78 Å². The van der Waals surface area contributed by atoms with Crippen molar-refractivity contribution < 1.29 is 19.1 Å². The van der Waals surface area contributed by atoms with E-state index < -0.39 is 11.5 Å². The quantitative estimate of drug-likeness (QED) is 0.269. The zero-order valence-corrected chi connectivity index (χ0v) is 19.6. The van der Waals surface area contributed by atoms with Gasteiger partial charge in [-0.15, -0.1) is 0 Å². The van der Waals surface area contributed by atoms with Gasteiger partial charge in [-0.05, 0) is 53.4 Å². The van der Waals surface area contributed by atoms with Gasteiger partial charge in [0.25, 0.3) is 5.56 Å².